The summed E-state index contributed by atoms with van der Waals surface area (Å²) in [5, 5.41) is 4.81. The molecule has 1 aromatic carbocycles. The summed E-state index contributed by atoms with van der Waals surface area (Å²) in [6.07, 6.45) is 1.55. The van der Waals surface area contributed by atoms with Crippen molar-refractivity contribution in [2.24, 2.45) is 0 Å². The predicted molar refractivity (Wildman–Crippen MR) is 85.5 cm³/mol. The first-order valence-corrected chi connectivity index (χ1v) is 6.98. The molecule has 5 heteroatoms. The Morgan fingerprint density at radius 1 is 1.33 bits per heavy atom. The zero-order valence-corrected chi connectivity index (χ0v) is 12.9. The lowest BCUT2D eigenvalue weighted by Gasteiger charge is -2.24. The van der Waals surface area contributed by atoms with E-state index in [1.54, 1.807) is 6.08 Å². The molecule has 21 heavy (non-hydrogen) atoms. The van der Waals surface area contributed by atoms with E-state index in [4.69, 9.17) is 0 Å². The smallest absolute Gasteiger partial charge is 0.321 e. The lowest BCUT2D eigenvalue weighted by atomic mass is 10.1. The number of nitrogens with one attached hydrogen (secondary N) is 2. The van der Waals surface area contributed by atoms with Gasteiger partial charge in [0, 0.05) is 18.8 Å². The van der Waals surface area contributed by atoms with Crippen LogP contribution in [0.15, 0.2) is 30.9 Å². The number of rotatable bonds is 6. The molecule has 0 radical (unpaired) electrons. The molecule has 114 valence electrons. The first-order valence-electron chi connectivity index (χ1n) is 6.98. The topological polar surface area (TPSA) is 61.4 Å². The SMILES string of the molecule is C=CCNC(=O)NC(=O)CN(CC)c1ccc(C)cc1C. The van der Waals surface area contributed by atoms with Crippen LogP contribution in [0.3, 0.4) is 0 Å². The molecule has 0 aromatic heterocycles. The summed E-state index contributed by atoms with van der Waals surface area (Å²) in [6.45, 7) is 10.7. The van der Waals surface area contributed by atoms with Gasteiger partial charge in [0.15, 0.2) is 0 Å². The molecule has 0 unspecified atom stereocenters. The maximum atomic E-state index is 11.9. The van der Waals surface area contributed by atoms with Crippen LogP contribution in [0.2, 0.25) is 0 Å². The van der Waals surface area contributed by atoms with Crippen molar-refractivity contribution in [1.82, 2.24) is 10.6 Å². The molecule has 1 rings (SSSR count). The van der Waals surface area contributed by atoms with Crippen molar-refractivity contribution in [3.8, 4) is 0 Å². The minimum absolute atomic E-state index is 0.141. The second-order valence-corrected chi connectivity index (χ2v) is 4.85. The molecule has 0 saturated carbocycles. The number of amides is 3. The molecule has 0 spiro atoms. The molecular weight excluding hydrogens is 266 g/mol. The van der Waals surface area contributed by atoms with Crippen LogP contribution in [0.4, 0.5) is 10.5 Å². The van der Waals surface area contributed by atoms with Gasteiger partial charge in [0.25, 0.3) is 0 Å². The first kappa shape index (κ1) is 16.8. The Morgan fingerprint density at radius 2 is 2.05 bits per heavy atom. The lowest BCUT2D eigenvalue weighted by Crippen LogP contribution is -2.44. The quantitative estimate of drug-likeness (QED) is 0.789. The Morgan fingerprint density at radius 3 is 2.62 bits per heavy atom. The van der Waals surface area contributed by atoms with Crippen molar-refractivity contribution in [3.63, 3.8) is 0 Å². The van der Waals surface area contributed by atoms with E-state index in [2.05, 4.69) is 23.3 Å². The zero-order chi connectivity index (χ0) is 15.8. The molecule has 0 saturated heterocycles. The van der Waals surface area contributed by atoms with Gasteiger partial charge in [-0.2, -0.15) is 0 Å². The summed E-state index contributed by atoms with van der Waals surface area (Å²) in [7, 11) is 0. The number of hydrogen-bond donors (Lipinski definition) is 2. The van der Waals surface area contributed by atoms with E-state index in [-0.39, 0.29) is 12.5 Å². The Labute approximate surface area is 126 Å². The molecule has 0 heterocycles. The lowest BCUT2D eigenvalue weighted by molar-refractivity contribution is -0.118. The Balaban J connectivity index is 2.67. The number of imide groups is 1. The number of benzene rings is 1. The van der Waals surface area contributed by atoms with Gasteiger partial charge in [0.1, 0.15) is 0 Å². The van der Waals surface area contributed by atoms with E-state index in [0.29, 0.717) is 13.1 Å². The number of urea groups is 1. The largest absolute Gasteiger partial charge is 0.362 e. The van der Waals surface area contributed by atoms with Gasteiger partial charge in [-0.15, -0.1) is 6.58 Å². The minimum Gasteiger partial charge on any atom is -0.362 e. The van der Waals surface area contributed by atoms with Crippen LogP contribution < -0.4 is 15.5 Å². The zero-order valence-electron chi connectivity index (χ0n) is 12.9. The van der Waals surface area contributed by atoms with Crippen LogP contribution in [0.1, 0.15) is 18.1 Å². The van der Waals surface area contributed by atoms with Crippen molar-refractivity contribution in [1.29, 1.82) is 0 Å². The Hall–Kier alpha value is -2.30. The van der Waals surface area contributed by atoms with Crippen molar-refractivity contribution in [2.75, 3.05) is 24.5 Å². The van der Waals surface area contributed by atoms with Gasteiger partial charge in [-0.25, -0.2) is 4.79 Å². The van der Waals surface area contributed by atoms with Crippen molar-refractivity contribution >= 4 is 17.6 Å². The van der Waals surface area contributed by atoms with Crippen LogP contribution in [-0.2, 0) is 4.79 Å². The van der Waals surface area contributed by atoms with Gasteiger partial charge < -0.3 is 10.2 Å². The van der Waals surface area contributed by atoms with Crippen molar-refractivity contribution in [3.05, 3.63) is 42.0 Å². The molecular formula is C16H23N3O2. The number of likely N-dealkylation sites (N-methyl/N-ethyl adjacent to an activating group) is 1. The number of nitrogens with zero attached hydrogens (tertiary/aromatic N) is 1. The average molecular weight is 289 g/mol. The molecule has 0 aliphatic rings. The minimum atomic E-state index is -0.503. The van der Waals surface area contributed by atoms with E-state index in [0.717, 1.165) is 11.3 Å². The third-order valence-corrected chi connectivity index (χ3v) is 3.07. The second kappa shape index (κ2) is 8.09. The van der Waals surface area contributed by atoms with E-state index >= 15 is 0 Å². The van der Waals surface area contributed by atoms with Crippen LogP contribution in [0.25, 0.3) is 0 Å². The van der Waals surface area contributed by atoms with Crippen molar-refractivity contribution in [2.45, 2.75) is 20.8 Å². The molecule has 0 aliphatic heterocycles. The van der Waals surface area contributed by atoms with E-state index in [9.17, 15) is 9.59 Å². The highest BCUT2D eigenvalue weighted by Gasteiger charge is 2.13. The summed E-state index contributed by atoms with van der Waals surface area (Å²) >= 11 is 0. The van der Waals surface area contributed by atoms with Crippen LogP contribution >= 0.6 is 0 Å². The number of carbonyl (C=O) groups is 2. The van der Waals surface area contributed by atoms with Gasteiger partial charge in [0.2, 0.25) is 5.91 Å². The van der Waals surface area contributed by atoms with Crippen molar-refractivity contribution < 1.29 is 9.59 Å². The first-order chi connectivity index (χ1) is 9.97. The number of hydrogen-bond acceptors (Lipinski definition) is 3. The third kappa shape index (κ3) is 5.30. The molecule has 3 amide bonds. The van der Waals surface area contributed by atoms with E-state index in [1.807, 2.05) is 37.8 Å². The standard InChI is InChI=1S/C16H23N3O2/c1-5-9-17-16(21)18-15(20)11-19(6-2)14-8-7-12(3)10-13(14)4/h5,7-8,10H,1,6,9,11H2,2-4H3,(H2,17,18,20,21). The van der Waals surface area contributed by atoms with Gasteiger partial charge in [0.05, 0.1) is 6.54 Å². The fraction of sp³-hybridized carbons (Fsp3) is 0.375. The summed E-state index contributed by atoms with van der Waals surface area (Å²) in [4.78, 5) is 25.3. The van der Waals surface area contributed by atoms with Crippen LogP contribution in [0.5, 0.6) is 0 Å². The highest BCUT2D eigenvalue weighted by atomic mass is 16.2. The monoisotopic (exact) mass is 289 g/mol. The summed E-state index contributed by atoms with van der Waals surface area (Å²) in [6, 6.07) is 5.59. The molecule has 5 nitrogen and oxygen atoms in total. The highest BCUT2D eigenvalue weighted by molar-refractivity contribution is 5.96. The Bertz CT molecular complexity index is 526. The molecule has 0 fully saturated rings. The van der Waals surface area contributed by atoms with E-state index in [1.165, 1.54) is 5.56 Å². The fourth-order valence-electron chi connectivity index (χ4n) is 2.08. The summed E-state index contributed by atoms with van der Waals surface area (Å²) in [5.74, 6) is -0.335. The van der Waals surface area contributed by atoms with Crippen LogP contribution in [-0.4, -0.2) is 31.6 Å². The predicted octanol–water partition coefficient (Wildman–Crippen LogP) is 2.14. The maximum Gasteiger partial charge on any atom is 0.321 e. The number of anilines is 1. The molecule has 1 aromatic rings. The van der Waals surface area contributed by atoms with Gasteiger partial charge in [-0.1, -0.05) is 23.8 Å². The highest BCUT2D eigenvalue weighted by Crippen LogP contribution is 2.20. The van der Waals surface area contributed by atoms with Gasteiger partial charge in [-0.3, -0.25) is 10.1 Å². The fourth-order valence-corrected chi connectivity index (χ4v) is 2.08. The second-order valence-electron chi connectivity index (χ2n) is 4.85. The molecule has 0 bridgehead atoms. The van der Waals surface area contributed by atoms with Gasteiger partial charge >= 0.3 is 6.03 Å². The third-order valence-electron chi connectivity index (χ3n) is 3.07. The van der Waals surface area contributed by atoms with E-state index < -0.39 is 6.03 Å². The van der Waals surface area contributed by atoms with Gasteiger partial charge in [-0.05, 0) is 32.4 Å². The average Bonchev–Trinajstić information content (AvgIpc) is 2.43. The number of aryl methyl sites for hydroxylation is 2. The van der Waals surface area contributed by atoms with Crippen LogP contribution in [0, 0.1) is 13.8 Å². The molecule has 0 atom stereocenters. The summed E-state index contributed by atoms with van der Waals surface area (Å²) < 4.78 is 0. The summed E-state index contributed by atoms with van der Waals surface area (Å²) in [5.41, 5.74) is 3.30. The normalized spacial score (nSPS) is 9.86. The molecule has 2 N–H and O–H groups in total. The Kier molecular flexibility index (Phi) is 6.46. The maximum absolute atomic E-state index is 11.9. The molecule has 0 aliphatic carbocycles. The number of carbonyl (C=O) groups excluding carboxylic acids is 2.